The standard InChI is InChI=1S/C13H19F3N4/c1-20(9-6-4-2-3-5-7-9)11-8-10(13(14,15)16)18-12(17)19-11/h8-9H,2-7H2,1H3,(H2,17,18,19). The lowest BCUT2D eigenvalue weighted by molar-refractivity contribution is -0.141. The highest BCUT2D eigenvalue weighted by atomic mass is 19.4. The molecule has 0 saturated heterocycles. The predicted octanol–water partition coefficient (Wildman–Crippen LogP) is 3.24. The fraction of sp³-hybridized carbons (Fsp3) is 0.692. The van der Waals surface area contributed by atoms with Gasteiger partial charge >= 0.3 is 6.18 Å². The summed E-state index contributed by atoms with van der Waals surface area (Å²) in [6.07, 6.45) is 2.01. The summed E-state index contributed by atoms with van der Waals surface area (Å²) in [7, 11) is 1.78. The Hall–Kier alpha value is -1.53. The molecule has 112 valence electrons. The fourth-order valence-corrected chi connectivity index (χ4v) is 2.61. The van der Waals surface area contributed by atoms with Crippen molar-refractivity contribution in [2.75, 3.05) is 17.7 Å². The van der Waals surface area contributed by atoms with Crippen molar-refractivity contribution in [3.8, 4) is 0 Å². The first-order valence-electron chi connectivity index (χ1n) is 6.82. The number of hydrogen-bond donors (Lipinski definition) is 1. The molecule has 0 spiro atoms. The summed E-state index contributed by atoms with van der Waals surface area (Å²) in [6, 6.07) is 1.19. The van der Waals surface area contributed by atoms with E-state index in [4.69, 9.17) is 5.73 Å². The molecule has 1 aromatic heterocycles. The number of halogens is 3. The van der Waals surface area contributed by atoms with E-state index in [0.717, 1.165) is 31.7 Å². The molecule has 0 unspecified atom stereocenters. The highest BCUT2D eigenvalue weighted by Gasteiger charge is 2.34. The molecule has 1 aromatic rings. The van der Waals surface area contributed by atoms with Gasteiger partial charge in [-0.3, -0.25) is 0 Å². The molecule has 0 radical (unpaired) electrons. The van der Waals surface area contributed by atoms with E-state index < -0.39 is 11.9 Å². The molecule has 7 heteroatoms. The van der Waals surface area contributed by atoms with E-state index in [0.29, 0.717) is 0 Å². The Morgan fingerprint density at radius 2 is 1.75 bits per heavy atom. The molecule has 1 aliphatic rings. The SMILES string of the molecule is CN(c1cc(C(F)(F)F)nc(N)n1)C1CCCCCC1. The van der Waals surface area contributed by atoms with Gasteiger partial charge in [0.25, 0.3) is 0 Å². The van der Waals surface area contributed by atoms with E-state index in [9.17, 15) is 13.2 Å². The summed E-state index contributed by atoms with van der Waals surface area (Å²) in [5.74, 6) is -0.0907. The zero-order valence-electron chi connectivity index (χ0n) is 11.5. The van der Waals surface area contributed by atoms with Crippen LogP contribution in [0.4, 0.5) is 24.9 Å². The maximum Gasteiger partial charge on any atom is 0.433 e. The number of alkyl halides is 3. The van der Waals surface area contributed by atoms with Crippen LogP contribution in [0.15, 0.2) is 6.07 Å². The Morgan fingerprint density at radius 1 is 1.15 bits per heavy atom. The highest BCUT2D eigenvalue weighted by molar-refractivity contribution is 5.44. The Balaban J connectivity index is 2.24. The number of nitrogens with two attached hydrogens (primary N) is 1. The van der Waals surface area contributed by atoms with Crippen molar-refractivity contribution in [3.05, 3.63) is 11.8 Å². The van der Waals surface area contributed by atoms with Gasteiger partial charge in [0.1, 0.15) is 5.82 Å². The molecule has 0 aliphatic heterocycles. The van der Waals surface area contributed by atoms with E-state index >= 15 is 0 Å². The minimum Gasteiger partial charge on any atom is -0.368 e. The van der Waals surface area contributed by atoms with Crippen LogP contribution < -0.4 is 10.6 Å². The molecule has 0 aromatic carbocycles. The summed E-state index contributed by atoms with van der Waals surface area (Å²) in [5.41, 5.74) is 4.42. The van der Waals surface area contributed by atoms with Gasteiger partial charge in [-0.25, -0.2) is 4.98 Å². The van der Waals surface area contributed by atoms with Gasteiger partial charge in [0.05, 0.1) is 0 Å². The van der Waals surface area contributed by atoms with Gasteiger partial charge in [-0.05, 0) is 12.8 Å². The van der Waals surface area contributed by atoms with Crippen LogP contribution in [0.3, 0.4) is 0 Å². The third-order valence-corrected chi connectivity index (χ3v) is 3.75. The highest BCUT2D eigenvalue weighted by Crippen LogP contribution is 2.31. The molecule has 0 amide bonds. The maximum atomic E-state index is 12.8. The topological polar surface area (TPSA) is 55.0 Å². The minimum absolute atomic E-state index is 0.216. The Morgan fingerprint density at radius 3 is 2.30 bits per heavy atom. The molecule has 1 heterocycles. The summed E-state index contributed by atoms with van der Waals surface area (Å²) in [6.45, 7) is 0. The molecule has 1 aliphatic carbocycles. The maximum absolute atomic E-state index is 12.8. The van der Waals surface area contributed by atoms with Gasteiger partial charge in [0.2, 0.25) is 5.95 Å². The van der Waals surface area contributed by atoms with Crippen molar-refractivity contribution in [3.63, 3.8) is 0 Å². The largest absolute Gasteiger partial charge is 0.433 e. The van der Waals surface area contributed by atoms with E-state index in [1.807, 2.05) is 0 Å². The molecule has 4 nitrogen and oxygen atoms in total. The number of nitrogens with zero attached hydrogens (tertiary/aromatic N) is 3. The summed E-state index contributed by atoms with van der Waals surface area (Å²) < 4.78 is 38.3. The summed E-state index contributed by atoms with van der Waals surface area (Å²) >= 11 is 0. The third kappa shape index (κ3) is 3.52. The Labute approximate surface area is 116 Å². The van der Waals surface area contributed by atoms with Crippen LogP contribution in [0.5, 0.6) is 0 Å². The molecule has 20 heavy (non-hydrogen) atoms. The molecule has 2 rings (SSSR count). The zero-order chi connectivity index (χ0) is 14.8. The normalized spacial score (nSPS) is 17.8. The predicted molar refractivity (Wildman–Crippen MR) is 71.3 cm³/mol. The number of rotatable bonds is 2. The van der Waals surface area contributed by atoms with E-state index in [-0.39, 0.29) is 17.8 Å². The van der Waals surface area contributed by atoms with Crippen LogP contribution in [0.25, 0.3) is 0 Å². The van der Waals surface area contributed by atoms with Crippen LogP contribution >= 0.6 is 0 Å². The third-order valence-electron chi connectivity index (χ3n) is 3.75. The number of aromatic nitrogens is 2. The molecular weight excluding hydrogens is 269 g/mol. The van der Waals surface area contributed by atoms with E-state index in [1.54, 1.807) is 11.9 Å². The summed E-state index contributed by atoms with van der Waals surface area (Å²) in [5, 5.41) is 0. The lowest BCUT2D eigenvalue weighted by Gasteiger charge is -2.28. The second-order valence-corrected chi connectivity index (χ2v) is 5.22. The fourth-order valence-electron chi connectivity index (χ4n) is 2.61. The van der Waals surface area contributed by atoms with Gasteiger partial charge in [-0.1, -0.05) is 25.7 Å². The van der Waals surface area contributed by atoms with Crippen molar-refractivity contribution >= 4 is 11.8 Å². The Bertz CT molecular complexity index is 453. The van der Waals surface area contributed by atoms with Crippen LogP contribution in [-0.4, -0.2) is 23.1 Å². The van der Waals surface area contributed by atoms with Gasteiger partial charge in [-0.15, -0.1) is 0 Å². The number of hydrogen-bond acceptors (Lipinski definition) is 4. The van der Waals surface area contributed by atoms with Crippen LogP contribution in [0, 0.1) is 0 Å². The van der Waals surface area contributed by atoms with E-state index in [2.05, 4.69) is 9.97 Å². The lowest BCUT2D eigenvalue weighted by atomic mass is 10.1. The number of nitrogen functional groups attached to an aromatic ring is 1. The zero-order valence-corrected chi connectivity index (χ0v) is 11.5. The second kappa shape index (κ2) is 5.85. The van der Waals surface area contributed by atoms with Crippen molar-refractivity contribution < 1.29 is 13.2 Å². The smallest absolute Gasteiger partial charge is 0.368 e. The van der Waals surface area contributed by atoms with Crippen molar-refractivity contribution in [1.82, 2.24) is 9.97 Å². The molecule has 1 saturated carbocycles. The lowest BCUT2D eigenvalue weighted by Crippen LogP contribution is -2.32. The average Bonchev–Trinajstić information content (AvgIpc) is 2.65. The average molecular weight is 288 g/mol. The number of anilines is 2. The molecule has 2 N–H and O–H groups in total. The van der Waals surface area contributed by atoms with E-state index in [1.165, 1.54) is 12.8 Å². The van der Waals surface area contributed by atoms with Crippen molar-refractivity contribution in [2.45, 2.75) is 50.7 Å². The van der Waals surface area contributed by atoms with Crippen LogP contribution in [0.1, 0.15) is 44.2 Å². The first-order valence-corrected chi connectivity index (χ1v) is 6.82. The molecule has 0 bridgehead atoms. The van der Waals surface area contributed by atoms with Gasteiger partial charge in [0, 0.05) is 19.2 Å². The van der Waals surface area contributed by atoms with Gasteiger partial charge in [-0.2, -0.15) is 18.2 Å². The molecular formula is C13H19F3N4. The monoisotopic (exact) mass is 288 g/mol. The first kappa shape index (κ1) is 14.9. The summed E-state index contributed by atoms with van der Waals surface area (Å²) in [4.78, 5) is 9.02. The van der Waals surface area contributed by atoms with Crippen molar-refractivity contribution in [1.29, 1.82) is 0 Å². The Kier molecular flexibility index (Phi) is 4.35. The van der Waals surface area contributed by atoms with Crippen LogP contribution in [0.2, 0.25) is 0 Å². The van der Waals surface area contributed by atoms with Crippen molar-refractivity contribution in [2.24, 2.45) is 0 Å². The first-order chi connectivity index (χ1) is 9.38. The minimum atomic E-state index is -4.50. The molecule has 1 fully saturated rings. The second-order valence-electron chi connectivity index (χ2n) is 5.22. The van der Waals surface area contributed by atoms with Gasteiger partial charge in [0.15, 0.2) is 5.69 Å². The van der Waals surface area contributed by atoms with Gasteiger partial charge < -0.3 is 10.6 Å². The molecule has 0 atom stereocenters. The quantitative estimate of drug-likeness (QED) is 0.849. The van der Waals surface area contributed by atoms with Crippen LogP contribution in [-0.2, 0) is 6.18 Å².